The number of fused-ring (bicyclic) bond motifs is 1. The minimum Gasteiger partial charge on any atom is -0.481 e. The largest absolute Gasteiger partial charge is 0.481 e. The molecular formula is C28H32ClN5O2. The van der Waals surface area contributed by atoms with Crippen LogP contribution in [0.4, 0.5) is 5.69 Å². The molecule has 0 amide bonds. The van der Waals surface area contributed by atoms with Crippen LogP contribution in [-0.4, -0.2) is 58.0 Å². The molecule has 1 aliphatic heterocycles. The van der Waals surface area contributed by atoms with Crippen LogP contribution < -0.4 is 4.90 Å². The molecular weight excluding hydrogens is 474 g/mol. The van der Waals surface area contributed by atoms with E-state index in [1.165, 1.54) is 0 Å². The molecule has 8 heteroatoms. The maximum atomic E-state index is 11.5. The number of imidazole rings is 1. The molecule has 1 aromatic heterocycles. The number of rotatable bonds is 7. The topological polar surface area (TPSA) is 84.8 Å². The highest BCUT2D eigenvalue weighted by Crippen LogP contribution is 2.27. The van der Waals surface area contributed by atoms with Crippen LogP contribution in [0.2, 0.25) is 5.02 Å². The number of hydrogen-bond donors (Lipinski definition) is 2. The summed E-state index contributed by atoms with van der Waals surface area (Å²) in [6.07, 6.45) is 4.36. The van der Waals surface area contributed by atoms with Gasteiger partial charge in [0, 0.05) is 48.7 Å². The molecule has 0 aliphatic carbocycles. The molecule has 2 aromatic carbocycles. The summed E-state index contributed by atoms with van der Waals surface area (Å²) in [5, 5.41) is 10.1. The summed E-state index contributed by atoms with van der Waals surface area (Å²) < 4.78 is 0. The quantitative estimate of drug-likeness (QED) is 0.243. The third-order valence-electron chi connectivity index (χ3n) is 6.75. The van der Waals surface area contributed by atoms with Gasteiger partial charge in [-0.3, -0.25) is 4.79 Å². The van der Waals surface area contributed by atoms with E-state index in [4.69, 9.17) is 16.6 Å². The molecule has 36 heavy (non-hydrogen) atoms. The number of H-pyrrole nitrogens is 1. The Hall–Kier alpha value is -3.58. The van der Waals surface area contributed by atoms with Crippen LogP contribution in [0.5, 0.6) is 0 Å². The van der Waals surface area contributed by atoms with Crippen LogP contribution in [-0.2, 0) is 10.2 Å². The zero-order valence-corrected chi connectivity index (χ0v) is 21.7. The van der Waals surface area contributed by atoms with Crippen molar-refractivity contribution in [2.45, 2.75) is 32.6 Å². The number of carbonyl (C=O) groups is 1. The summed E-state index contributed by atoms with van der Waals surface area (Å²) in [6, 6.07) is 13.5. The maximum Gasteiger partial charge on any atom is 0.313 e. The Morgan fingerprint density at radius 3 is 2.53 bits per heavy atom. The molecule has 0 saturated carbocycles. The lowest BCUT2D eigenvalue weighted by molar-refractivity contribution is -0.142. The number of anilines is 1. The first-order chi connectivity index (χ1) is 17.2. The fourth-order valence-electron chi connectivity index (χ4n) is 4.25. The molecule has 1 aliphatic rings. The zero-order chi connectivity index (χ0) is 25.9. The third kappa shape index (κ3) is 5.46. The van der Waals surface area contributed by atoms with Gasteiger partial charge in [-0.05, 0) is 63.1 Å². The van der Waals surface area contributed by atoms with Crippen molar-refractivity contribution < 1.29 is 9.90 Å². The lowest BCUT2D eigenvalue weighted by atomic mass is 9.85. The number of amidine groups is 1. The number of halogens is 1. The summed E-state index contributed by atoms with van der Waals surface area (Å²) in [4.78, 5) is 28.9. The number of aliphatic carboxylic acids is 1. The minimum absolute atomic E-state index is 0.646. The van der Waals surface area contributed by atoms with Crippen LogP contribution in [0.3, 0.4) is 0 Å². The molecule has 0 radical (unpaired) electrons. The standard InChI is InChI=1S/C28H32ClN5O2/c1-5-6-20(26-31-24-12-9-22(29)17-25(24)32-26)18-30-19(2)33-13-15-34(16-14-33)23-10-7-21(8-11-23)28(3,4)27(35)36/h5,7-12,17-18H,1,6,13-16H2,2-4H3,(H,31,32)(H,35,36)/b20-18+,30-19?. The average Bonchev–Trinajstić information content (AvgIpc) is 3.29. The number of carboxylic acids is 1. The predicted molar refractivity (Wildman–Crippen MR) is 148 cm³/mol. The molecule has 2 heterocycles. The molecule has 3 aromatic rings. The van der Waals surface area contributed by atoms with Crippen LogP contribution >= 0.6 is 11.6 Å². The normalized spacial score (nSPS) is 15.4. The van der Waals surface area contributed by atoms with Crippen molar-refractivity contribution in [2.24, 2.45) is 4.99 Å². The summed E-state index contributed by atoms with van der Waals surface area (Å²) in [5.41, 5.74) is 3.71. The van der Waals surface area contributed by atoms with Gasteiger partial charge in [0.1, 0.15) is 11.7 Å². The number of aliphatic imine (C=N–C) groups is 1. The lowest BCUT2D eigenvalue weighted by Crippen LogP contribution is -2.48. The van der Waals surface area contributed by atoms with Crippen molar-refractivity contribution in [3.63, 3.8) is 0 Å². The highest BCUT2D eigenvalue weighted by Gasteiger charge is 2.29. The van der Waals surface area contributed by atoms with Gasteiger partial charge < -0.3 is 19.9 Å². The van der Waals surface area contributed by atoms with E-state index >= 15 is 0 Å². The van der Waals surface area contributed by atoms with E-state index in [1.54, 1.807) is 13.8 Å². The average molecular weight is 506 g/mol. The summed E-state index contributed by atoms with van der Waals surface area (Å²) >= 11 is 6.11. The van der Waals surface area contributed by atoms with Gasteiger partial charge in [0.25, 0.3) is 0 Å². The van der Waals surface area contributed by atoms with Crippen LogP contribution in [0.25, 0.3) is 16.6 Å². The Bertz CT molecular complexity index is 1320. The smallest absolute Gasteiger partial charge is 0.313 e. The van der Waals surface area contributed by atoms with Gasteiger partial charge >= 0.3 is 5.97 Å². The summed E-state index contributed by atoms with van der Waals surface area (Å²) in [5.74, 6) is 0.894. The van der Waals surface area contributed by atoms with E-state index in [0.29, 0.717) is 11.4 Å². The highest BCUT2D eigenvalue weighted by atomic mass is 35.5. The number of aromatic nitrogens is 2. The molecule has 4 rings (SSSR count). The van der Waals surface area contributed by atoms with Crippen LogP contribution in [0, 0.1) is 0 Å². The monoisotopic (exact) mass is 505 g/mol. The van der Waals surface area contributed by atoms with Gasteiger partial charge in [0.2, 0.25) is 0 Å². The SMILES string of the molecule is C=CC/C(=C\N=C(C)N1CCN(c2ccc(C(C)(C)C(=O)O)cc2)CC1)c1nc2ccc(Cl)cc2[nH]1. The Morgan fingerprint density at radius 1 is 1.19 bits per heavy atom. The number of hydrogen-bond acceptors (Lipinski definition) is 4. The number of nitrogens with zero attached hydrogens (tertiary/aromatic N) is 4. The number of allylic oxidation sites excluding steroid dienone is 2. The Balaban J connectivity index is 1.42. The fraction of sp³-hybridized carbons (Fsp3) is 0.321. The second kappa shape index (κ2) is 10.6. The molecule has 0 bridgehead atoms. The molecule has 188 valence electrons. The van der Waals surface area contributed by atoms with Crippen molar-refractivity contribution in [2.75, 3.05) is 31.1 Å². The molecule has 1 fully saturated rings. The van der Waals surface area contributed by atoms with Gasteiger partial charge in [-0.25, -0.2) is 9.98 Å². The molecule has 0 unspecified atom stereocenters. The second-order valence-electron chi connectivity index (χ2n) is 9.52. The number of piperazine rings is 1. The van der Waals surface area contributed by atoms with E-state index in [0.717, 1.165) is 65.7 Å². The lowest BCUT2D eigenvalue weighted by Gasteiger charge is -2.37. The van der Waals surface area contributed by atoms with Crippen molar-refractivity contribution in [1.82, 2.24) is 14.9 Å². The van der Waals surface area contributed by atoms with Crippen LogP contribution in [0.15, 0.2) is 66.3 Å². The maximum absolute atomic E-state index is 11.5. The molecule has 0 atom stereocenters. The molecule has 0 spiro atoms. The number of aromatic amines is 1. The van der Waals surface area contributed by atoms with Gasteiger partial charge in [-0.15, -0.1) is 6.58 Å². The first-order valence-electron chi connectivity index (χ1n) is 12.0. The van der Waals surface area contributed by atoms with Crippen molar-refractivity contribution >= 4 is 45.7 Å². The Morgan fingerprint density at radius 2 is 1.89 bits per heavy atom. The number of carboxylic acid groups (broad SMARTS) is 1. The first-order valence-corrected chi connectivity index (χ1v) is 12.4. The van der Waals surface area contributed by atoms with E-state index in [1.807, 2.05) is 61.7 Å². The Labute approximate surface area is 216 Å². The van der Waals surface area contributed by atoms with Crippen LogP contribution in [0.1, 0.15) is 38.6 Å². The molecule has 1 saturated heterocycles. The van der Waals surface area contributed by atoms with E-state index in [9.17, 15) is 9.90 Å². The van der Waals surface area contributed by atoms with Gasteiger partial charge in [-0.1, -0.05) is 29.8 Å². The van der Waals surface area contributed by atoms with Crippen molar-refractivity contribution in [3.05, 3.63) is 77.7 Å². The molecule has 2 N–H and O–H groups in total. The van der Waals surface area contributed by atoms with Gasteiger partial charge in [-0.2, -0.15) is 0 Å². The fourth-order valence-corrected chi connectivity index (χ4v) is 4.43. The zero-order valence-electron chi connectivity index (χ0n) is 21.0. The van der Waals surface area contributed by atoms with Crippen molar-refractivity contribution in [3.8, 4) is 0 Å². The third-order valence-corrected chi connectivity index (χ3v) is 6.98. The number of benzene rings is 2. The minimum atomic E-state index is -0.905. The summed E-state index contributed by atoms with van der Waals surface area (Å²) in [6.45, 7) is 12.8. The van der Waals surface area contributed by atoms with Crippen molar-refractivity contribution in [1.29, 1.82) is 0 Å². The summed E-state index contributed by atoms with van der Waals surface area (Å²) in [7, 11) is 0. The predicted octanol–water partition coefficient (Wildman–Crippen LogP) is 5.74. The highest BCUT2D eigenvalue weighted by molar-refractivity contribution is 6.31. The van der Waals surface area contributed by atoms with Gasteiger partial charge in [0.15, 0.2) is 0 Å². The number of nitrogens with one attached hydrogen (secondary N) is 1. The second-order valence-corrected chi connectivity index (χ2v) is 9.96. The van der Waals surface area contributed by atoms with E-state index in [-0.39, 0.29) is 0 Å². The van der Waals surface area contributed by atoms with Gasteiger partial charge in [0.05, 0.1) is 16.4 Å². The van der Waals surface area contributed by atoms with E-state index in [2.05, 4.69) is 26.3 Å². The first kappa shape index (κ1) is 25.5. The van der Waals surface area contributed by atoms with E-state index < -0.39 is 11.4 Å². The Kier molecular flexibility index (Phi) is 7.50. The molecule has 7 nitrogen and oxygen atoms in total.